The highest BCUT2D eigenvalue weighted by Crippen LogP contribution is 2.40. The van der Waals surface area contributed by atoms with E-state index in [9.17, 15) is 0 Å². The molecule has 0 amide bonds. The van der Waals surface area contributed by atoms with Gasteiger partial charge in [0.2, 0.25) is 0 Å². The van der Waals surface area contributed by atoms with Crippen molar-refractivity contribution < 1.29 is 4.74 Å². The van der Waals surface area contributed by atoms with Crippen LogP contribution in [0.5, 0.6) is 0 Å². The summed E-state index contributed by atoms with van der Waals surface area (Å²) in [7, 11) is 0. The molecule has 1 saturated heterocycles. The smallest absolute Gasteiger partial charge is 0.0931 e. The molecule has 0 atom stereocenters. The Morgan fingerprint density at radius 1 is 1.54 bits per heavy atom. The van der Waals surface area contributed by atoms with Crippen LogP contribution in [0.3, 0.4) is 0 Å². The summed E-state index contributed by atoms with van der Waals surface area (Å²) in [6.07, 6.45) is 1.08. The predicted octanol–water partition coefficient (Wildman–Crippen LogP) is 2.99. The number of hydrogen-bond donors (Lipinski definition) is 1. The van der Waals surface area contributed by atoms with Crippen LogP contribution in [0.4, 0.5) is 0 Å². The van der Waals surface area contributed by atoms with Gasteiger partial charge in [0.1, 0.15) is 0 Å². The standard InChI is InChI=1S/C9H11ClOS2/c10-8-2-1-7(13-8)9(3-4-12)5-11-6-9/h1-2,12H,3-6H2. The van der Waals surface area contributed by atoms with E-state index in [0.717, 1.165) is 29.7 Å². The highest BCUT2D eigenvalue weighted by Gasteiger charge is 2.40. The number of rotatable bonds is 3. The van der Waals surface area contributed by atoms with Crippen molar-refractivity contribution in [2.24, 2.45) is 0 Å². The zero-order chi connectivity index (χ0) is 9.31. The Morgan fingerprint density at radius 3 is 2.69 bits per heavy atom. The summed E-state index contributed by atoms with van der Waals surface area (Å²) in [4.78, 5) is 1.35. The first-order valence-corrected chi connectivity index (χ1v) is 6.04. The van der Waals surface area contributed by atoms with Gasteiger partial charge in [0.15, 0.2) is 0 Å². The Bertz CT molecular complexity index is 294. The van der Waals surface area contributed by atoms with Crippen molar-refractivity contribution >= 4 is 35.6 Å². The van der Waals surface area contributed by atoms with E-state index in [1.807, 2.05) is 6.07 Å². The van der Waals surface area contributed by atoms with Crippen molar-refractivity contribution in [2.45, 2.75) is 11.8 Å². The van der Waals surface area contributed by atoms with Crippen molar-refractivity contribution in [2.75, 3.05) is 19.0 Å². The van der Waals surface area contributed by atoms with Gasteiger partial charge in [-0.05, 0) is 24.3 Å². The van der Waals surface area contributed by atoms with Crippen LogP contribution in [0, 0.1) is 0 Å². The summed E-state index contributed by atoms with van der Waals surface area (Å²) in [5, 5.41) is 0. The van der Waals surface area contributed by atoms with Gasteiger partial charge >= 0.3 is 0 Å². The van der Waals surface area contributed by atoms with E-state index in [0.29, 0.717) is 0 Å². The number of thiophene rings is 1. The Hall–Kier alpha value is 0.300. The molecule has 0 aromatic carbocycles. The molecule has 1 aromatic heterocycles. The zero-order valence-corrected chi connectivity index (χ0v) is 9.59. The van der Waals surface area contributed by atoms with E-state index >= 15 is 0 Å². The summed E-state index contributed by atoms with van der Waals surface area (Å²) in [6, 6.07) is 4.07. The van der Waals surface area contributed by atoms with Crippen molar-refractivity contribution in [3.63, 3.8) is 0 Å². The molecule has 2 heterocycles. The van der Waals surface area contributed by atoms with E-state index in [4.69, 9.17) is 16.3 Å². The van der Waals surface area contributed by atoms with E-state index in [2.05, 4.69) is 18.7 Å². The summed E-state index contributed by atoms with van der Waals surface area (Å²) >= 11 is 11.8. The third kappa shape index (κ3) is 1.75. The maximum absolute atomic E-state index is 5.91. The van der Waals surface area contributed by atoms with Crippen LogP contribution in [0.15, 0.2) is 12.1 Å². The maximum Gasteiger partial charge on any atom is 0.0931 e. The van der Waals surface area contributed by atoms with Gasteiger partial charge in [0, 0.05) is 4.88 Å². The minimum atomic E-state index is 0.222. The van der Waals surface area contributed by atoms with Crippen LogP contribution in [0.25, 0.3) is 0 Å². The van der Waals surface area contributed by atoms with Gasteiger partial charge in [-0.2, -0.15) is 12.6 Å². The van der Waals surface area contributed by atoms with Crippen LogP contribution >= 0.6 is 35.6 Å². The minimum absolute atomic E-state index is 0.222. The second kappa shape index (κ2) is 3.81. The minimum Gasteiger partial charge on any atom is -0.379 e. The lowest BCUT2D eigenvalue weighted by atomic mass is 9.82. The average molecular weight is 235 g/mol. The molecule has 1 nitrogen and oxygen atoms in total. The molecule has 72 valence electrons. The Morgan fingerprint density at radius 2 is 2.31 bits per heavy atom. The SMILES string of the molecule is SCCC1(c2ccc(Cl)s2)COC1. The van der Waals surface area contributed by atoms with E-state index in [1.54, 1.807) is 11.3 Å². The van der Waals surface area contributed by atoms with Crippen LogP contribution in [0.2, 0.25) is 4.34 Å². The molecule has 0 spiro atoms. The highest BCUT2D eigenvalue weighted by atomic mass is 35.5. The number of hydrogen-bond acceptors (Lipinski definition) is 3. The van der Waals surface area contributed by atoms with Crippen molar-refractivity contribution in [3.05, 3.63) is 21.3 Å². The molecule has 1 aromatic rings. The van der Waals surface area contributed by atoms with E-state index in [-0.39, 0.29) is 5.41 Å². The topological polar surface area (TPSA) is 9.23 Å². The molecule has 0 saturated carbocycles. The predicted molar refractivity (Wildman–Crippen MR) is 60.3 cm³/mol. The molecular weight excluding hydrogens is 224 g/mol. The molecule has 13 heavy (non-hydrogen) atoms. The maximum atomic E-state index is 5.91. The van der Waals surface area contributed by atoms with Crippen LogP contribution in [-0.4, -0.2) is 19.0 Å². The molecule has 1 aliphatic rings. The van der Waals surface area contributed by atoms with Crippen LogP contribution < -0.4 is 0 Å². The molecule has 4 heteroatoms. The lowest BCUT2D eigenvalue weighted by Gasteiger charge is -2.40. The fourth-order valence-corrected chi connectivity index (χ4v) is 3.23. The summed E-state index contributed by atoms with van der Waals surface area (Å²) < 4.78 is 6.15. The van der Waals surface area contributed by atoms with Crippen LogP contribution in [0.1, 0.15) is 11.3 Å². The fraction of sp³-hybridized carbons (Fsp3) is 0.556. The lowest BCUT2D eigenvalue weighted by Crippen LogP contribution is -2.46. The fourth-order valence-electron chi connectivity index (χ4n) is 1.57. The molecule has 0 bridgehead atoms. The molecule has 1 aliphatic heterocycles. The van der Waals surface area contributed by atoms with E-state index in [1.165, 1.54) is 4.88 Å². The van der Waals surface area contributed by atoms with Gasteiger partial charge in [-0.1, -0.05) is 11.6 Å². The van der Waals surface area contributed by atoms with Gasteiger partial charge in [-0.15, -0.1) is 11.3 Å². The second-order valence-electron chi connectivity index (χ2n) is 3.35. The monoisotopic (exact) mass is 234 g/mol. The quantitative estimate of drug-likeness (QED) is 0.792. The Balaban J connectivity index is 2.21. The first-order valence-electron chi connectivity index (χ1n) is 4.21. The molecule has 2 rings (SSSR count). The molecule has 0 unspecified atom stereocenters. The molecule has 0 radical (unpaired) electrons. The molecule has 0 aliphatic carbocycles. The Labute approximate surface area is 92.5 Å². The normalized spacial score (nSPS) is 19.8. The molecule has 1 fully saturated rings. The van der Waals surface area contributed by atoms with Crippen LogP contribution in [-0.2, 0) is 10.2 Å². The third-order valence-corrected chi connectivity index (χ3v) is 4.14. The molecular formula is C9H11ClOS2. The molecule has 0 N–H and O–H groups in total. The number of thiol groups is 1. The largest absolute Gasteiger partial charge is 0.379 e. The summed E-state index contributed by atoms with van der Waals surface area (Å²) in [5.41, 5.74) is 0.222. The van der Waals surface area contributed by atoms with E-state index < -0.39 is 0 Å². The summed E-state index contributed by atoms with van der Waals surface area (Å²) in [6.45, 7) is 1.65. The van der Waals surface area contributed by atoms with Gasteiger partial charge in [0.05, 0.1) is 23.0 Å². The van der Waals surface area contributed by atoms with Crippen molar-refractivity contribution in [1.29, 1.82) is 0 Å². The highest BCUT2D eigenvalue weighted by molar-refractivity contribution is 7.80. The summed E-state index contributed by atoms with van der Waals surface area (Å²) in [5.74, 6) is 0.902. The third-order valence-electron chi connectivity index (χ3n) is 2.44. The van der Waals surface area contributed by atoms with Gasteiger partial charge in [-0.25, -0.2) is 0 Å². The lowest BCUT2D eigenvalue weighted by molar-refractivity contribution is -0.0595. The van der Waals surface area contributed by atoms with Gasteiger partial charge in [0.25, 0.3) is 0 Å². The first kappa shape index (κ1) is 9.84. The number of ether oxygens (including phenoxy) is 1. The second-order valence-corrected chi connectivity index (χ2v) is 5.51. The van der Waals surface area contributed by atoms with Gasteiger partial charge in [-0.3, -0.25) is 0 Å². The first-order chi connectivity index (χ1) is 6.27. The van der Waals surface area contributed by atoms with Crippen molar-refractivity contribution in [3.8, 4) is 0 Å². The Kier molecular flexibility index (Phi) is 2.88. The number of halogens is 1. The average Bonchev–Trinajstić information content (AvgIpc) is 2.44. The van der Waals surface area contributed by atoms with Gasteiger partial charge < -0.3 is 4.74 Å². The zero-order valence-electron chi connectivity index (χ0n) is 7.12. The van der Waals surface area contributed by atoms with Crippen molar-refractivity contribution in [1.82, 2.24) is 0 Å².